The molecule has 1 aromatic rings. The normalized spacial score (nSPS) is 22.7. The molecule has 5 nitrogen and oxygen atoms in total. The molecule has 0 radical (unpaired) electrons. The maximum absolute atomic E-state index is 11.8. The van der Waals surface area contributed by atoms with Gasteiger partial charge in [-0.15, -0.1) is 0 Å². The van der Waals surface area contributed by atoms with E-state index in [1.165, 1.54) is 37.7 Å². The van der Waals surface area contributed by atoms with Crippen LogP contribution in [0.1, 0.15) is 62.2 Å². The monoisotopic (exact) mass is 316 g/mol. The smallest absolute Gasteiger partial charge is 0.408 e. The number of β-lactam (4-membered cyclic amide) rings is 1. The molecule has 2 amide bonds. The summed E-state index contributed by atoms with van der Waals surface area (Å²) >= 11 is 0. The highest BCUT2D eigenvalue weighted by Crippen LogP contribution is 2.33. The van der Waals surface area contributed by atoms with Crippen LogP contribution in [0.4, 0.5) is 4.79 Å². The minimum absolute atomic E-state index is 0.161. The highest BCUT2D eigenvalue weighted by molar-refractivity contribution is 5.90. The van der Waals surface area contributed by atoms with Crippen molar-refractivity contribution in [3.8, 4) is 0 Å². The first-order valence-electron chi connectivity index (χ1n) is 8.48. The van der Waals surface area contributed by atoms with E-state index in [1.807, 2.05) is 19.1 Å². The zero-order valence-corrected chi connectivity index (χ0v) is 13.5. The van der Waals surface area contributed by atoms with Gasteiger partial charge in [0.05, 0.1) is 0 Å². The third kappa shape index (κ3) is 3.84. The summed E-state index contributed by atoms with van der Waals surface area (Å²) in [5, 5.41) is 5.13. The second-order valence-corrected chi connectivity index (χ2v) is 6.49. The van der Waals surface area contributed by atoms with E-state index in [0.29, 0.717) is 12.5 Å². The molecule has 0 bridgehead atoms. The Morgan fingerprint density at radius 2 is 1.91 bits per heavy atom. The second kappa shape index (κ2) is 7.02. The van der Waals surface area contributed by atoms with E-state index in [-0.39, 0.29) is 12.0 Å². The van der Waals surface area contributed by atoms with E-state index in [2.05, 4.69) is 22.8 Å². The van der Waals surface area contributed by atoms with Gasteiger partial charge < -0.3 is 15.4 Å². The van der Waals surface area contributed by atoms with Crippen molar-refractivity contribution in [2.75, 3.05) is 6.54 Å². The van der Waals surface area contributed by atoms with Gasteiger partial charge in [0.15, 0.2) is 0 Å². The number of amides is 2. The van der Waals surface area contributed by atoms with Gasteiger partial charge in [-0.2, -0.15) is 0 Å². The van der Waals surface area contributed by atoms with Gasteiger partial charge in [0.1, 0.15) is 12.1 Å². The average Bonchev–Trinajstić information content (AvgIpc) is 2.59. The fraction of sp³-hybridized carbons (Fsp3) is 0.556. The predicted octanol–water partition coefficient (Wildman–Crippen LogP) is 3.02. The molecule has 1 aliphatic heterocycles. The molecule has 2 aliphatic rings. The van der Waals surface area contributed by atoms with Crippen molar-refractivity contribution in [1.82, 2.24) is 10.6 Å². The lowest BCUT2D eigenvalue weighted by atomic mass is 9.84. The van der Waals surface area contributed by atoms with Crippen LogP contribution in [-0.4, -0.2) is 24.6 Å². The Morgan fingerprint density at radius 3 is 2.48 bits per heavy atom. The molecule has 3 rings (SSSR count). The summed E-state index contributed by atoms with van der Waals surface area (Å²) in [6.45, 7) is 2.31. The summed E-state index contributed by atoms with van der Waals surface area (Å²) in [6.07, 6.45) is 5.66. The molecule has 1 aliphatic carbocycles. The Balaban J connectivity index is 1.53. The summed E-state index contributed by atoms with van der Waals surface area (Å²) in [4.78, 5) is 22.9. The van der Waals surface area contributed by atoms with E-state index in [0.717, 1.165) is 5.56 Å². The molecule has 1 saturated carbocycles. The zero-order chi connectivity index (χ0) is 16.2. The number of alkyl carbamates (subject to hydrolysis) is 1. The first kappa shape index (κ1) is 15.8. The molecule has 124 valence electrons. The van der Waals surface area contributed by atoms with Gasteiger partial charge in [-0.05, 0) is 36.8 Å². The van der Waals surface area contributed by atoms with Crippen LogP contribution in [0.5, 0.6) is 0 Å². The molecule has 5 heteroatoms. The van der Waals surface area contributed by atoms with Crippen molar-refractivity contribution in [2.45, 2.75) is 57.1 Å². The van der Waals surface area contributed by atoms with Gasteiger partial charge in [0, 0.05) is 6.54 Å². The van der Waals surface area contributed by atoms with Crippen LogP contribution in [0.2, 0.25) is 0 Å². The van der Waals surface area contributed by atoms with E-state index in [9.17, 15) is 9.59 Å². The molecule has 2 N–H and O–H groups in total. The van der Waals surface area contributed by atoms with Crippen LogP contribution in [0.25, 0.3) is 0 Å². The quantitative estimate of drug-likeness (QED) is 0.839. The van der Waals surface area contributed by atoms with Gasteiger partial charge >= 0.3 is 6.09 Å². The predicted molar refractivity (Wildman–Crippen MR) is 87.1 cm³/mol. The van der Waals surface area contributed by atoms with Crippen molar-refractivity contribution in [1.29, 1.82) is 0 Å². The standard InChI is InChI=1S/C18H24N2O3/c1-12(23-18(22)20-16-11-19-17(16)21)13-7-9-15(10-8-13)14-5-3-2-4-6-14/h7-10,12,14,16H,2-6,11H2,1H3,(H,19,21)(H,20,22)/t12-,16-/m0/s1. The molecule has 0 aromatic heterocycles. The molecule has 2 atom stereocenters. The highest BCUT2D eigenvalue weighted by Gasteiger charge is 2.30. The Morgan fingerprint density at radius 1 is 1.22 bits per heavy atom. The van der Waals surface area contributed by atoms with Gasteiger partial charge in [-0.3, -0.25) is 4.79 Å². The fourth-order valence-electron chi connectivity index (χ4n) is 3.28. The molecular weight excluding hydrogens is 292 g/mol. The number of hydrogen-bond acceptors (Lipinski definition) is 3. The van der Waals surface area contributed by atoms with E-state index < -0.39 is 12.1 Å². The van der Waals surface area contributed by atoms with Gasteiger partial charge in [-0.1, -0.05) is 43.5 Å². The fourth-order valence-corrected chi connectivity index (χ4v) is 3.28. The van der Waals surface area contributed by atoms with E-state index in [4.69, 9.17) is 4.74 Å². The second-order valence-electron chi connectivity index (χ2n) is 6.49. The van der Waals surface area contributed by atoms with Crippen LogP contribution in [0, 0.1) is 0 Å². The Hall–Kier alpha value is -2.04. The Kier molecular flexibility index (Phi) is 4.84. The minimum Gasteiger partial charge on any atom is -0.442 e. The lowest BCUT2D eigenvalue weighted by molar-refractivity contribution is -0.128. The first-order valence-corrected chi connectivity index (χ1v) is 8.48. The molecule has 0 unspecified atom stereocenters. The van der Waals surface area contributed by atoms with Crippen molar-refractivity contribution < 1.29 is 14.3 Å². The zero-order valence-electron chi connectivity index (χ0n) is 13.5. The minimum atomic E-state index is -0.547. The number of hydrogen-bond donors (Lipinski definition) is 2. The summed E-state index contributed by atoms with van der Waals surface area (Å²) in [7, 11) is 0. The van der Waals surface area contributed by atoms with Crippen molar-refractivity contribution in [2.24, 2.45) is 0 Å². The lowest BCUT2D eigenvalue weighted by Crippen LogP contribution is -2.61. The summed E-state index contributed by atoms with van der Waals surface area (Å²) in [6, 6.07) is 7.93. The largest absolute Gasteiger partial charge is 0.442 e. The first-order chi connectivity index (χ1) is 11.1. The average molecular weight is 316 g/mol. The number of ether oxygens (including phenoxy) is 1. The number of carbonyl (C=O) groups excluding carboxylic acids is 2. The third-order valence-corrected chi connectivity index (χ3v) is 4.86. The van der Waals surface area contributed by atoms with Crippen molar-refractivity contribution in [3.05, 3.63) is 35.4 Å². The number of nitrogens with one attached hydrogen (secondary N) is 2. The number of carbonyl (C=O) groups is 2. The summed E-state index contributed by atoms with van der Waals surface area (Å²) in [5.41, 5.74) is 2.36. The highest BCUT2D eigenvalue weighted by atomic mass is 16.6. The van der Waals surface area contributed by atoms with Gasteiger partial charge in [-0.25, -0.2) is 4.79 Å². The van der Waals surface area contributed by atoms with Crippen molar-refractivity contribution >= 4 is 12.0 Å². The maximum atomic E-state index is 11.8. The van der Waals surface area contributed by atoms with Gasteiger partial charge in [0.2, 0.25) is 5.91 Å². The van der Waals surface area contributed by atoms with E-state index >= 15 is 0 Å². The molecule has 23 heavy (non-hydrogen) atoms. The number of rotatable bonds is 4. The molecule has 1 aromatic carbocycles. The van der Waals surface area contributed by atoms with Crippen LogP contribution < -0.4 is 10.6 Å². The molecule has 0 spiro atoms. The Bertz CT molecular complexity index is 564. The maximum Gasteiger partial charge on any atom is 0.408 e. The summed E-state index contributed by atoms with van der Waals surface area (Å²) in [5.74, 6) is 0.515. The molecule has 1 heterocycles. The van der Waals surface area contributed by atoms with E-state index in [1.54, 1.807) is 0 Å². The van der Waals surface area contributed by atoms with Gasteiger partial charge in [0.25, 0.3) is 0 Å². The van der Waals surface area contributed by atoms with Crippen molar-refractivity contribution in [3.63, 3.8) is 0 Å². The number of benzene rings is 1. The lowest BCUT2D eigenvalue weighted by Gasteiger charge is -2.27. The SMILES string of the molecule is C[C@H](OC(=O)N[C@H]1CNC1=O)c1ccc(C2CCCCC2)cc1. The van der Waals surface area contributed by atoms with Crippen LogP contribution in [-0.2, 0) is 9.53 Å². The summed E-state index contributed by atoms with van der Waals surface area (Å²) < 4.78 is 5.35. The Labute approximate surface area is 136 Å². The van der Waals surface area contributed by atoms with Crippen LogP contribution in [0.15, 0.2) is 24.3 Å². The third-order valence-electron chi connectivity index (χ3n) is 4.86. The molecule has 2 fully saturated rings. The van der Waals surface area contributed by atoms with Crippen LogP contribution >= 0.6 is 0 Å². The molecular formula is C18H24N2O3. The topological polar surface area (TPSA) is 67.4 Å². The molecule has 1 saturated heterocycles. The van der Waals surface area contributed by atoms with Crippen LogP contribution in [0.3, 0.4) is 0 Å².